The number of nitrogens with zero attached hydrogens (tertiary/aromatic N) is 1. The molecule has 0 saturated heterocycles. The molecule has 1 aromatic carbocycles. The molecule has 0 unspecified atom stereocenters. The van der Waals surface area contributed by atoms with Gasteiger partial charge in [0.25, 0.3) is 0 Å². The topological polar surface area (TPSA) is 65.5 Å². The summed E-state index contributed by atoms with van der Waals surface area (Å²) in [5.41, 5.74) is 0.716. The lowest BCUT2D eigenvalue weighted by molar-refractivity contribution is 0.0600. The first kappa shape index (κ1) is 14.2. The number of carbonyl (C=O) groups excluding carboxylic acids is 2. The first-order chi connectivity index (χ1) is 9.60. The van der Waals surface area contributed by atoms with E-state index in [2.05, 4.69) is 25.7 Å². The maximum Gasteiger partial charge on any atom is 0.345 e. The van der Waals surface area contributed by atoms with Crippen LogP contribution in [0.15, 0.2) is 47.2 Å². The van der Waals surface area contributed by atoms with Crippen molar-refractivity contribution in [2.24, 2.45) is 0 Å². The fourth-order valence-electron chi connectivity index (χ4n) is 1.47. The molecular formula is C14H10BrNO4. The Kier molecular flexibility index (Phi) is 4.47. The third-order valence-electron chi connectivity index (χ3n) is 2.43. The maximum atomic E-state index is 11.9. The molecule has 0 atom stereocenters. The number of methoxy groups -OCH3 is 1. The number of rotatable bonds is 3. The Morgan fingerprint density at radius 3 is 2.35 bits per heavy atom. The fourth-order valence-corrected chi connectivity index (χ4v) is 1.83. The van der Waals surface area contributed by atoms with Gasteiger partial charge in [-0.2, -0.15) is 0 Å². The molecule has 0 bridgehead atoms. The van der Waals surface area contributed by atoms with Crippen LogP contribution in [0.4, 0.5) is 0 Å². The SMILES string of the molecule is COC(=O)c1ccc(OC(=O)c2cncc(Br)c2)cc1. The molecule has 2 aromatic rings. The molecule has 1 aromatic heterocycles. The Hall–Kier alpha value is -2.21. The zero-order chi connectivity index (χ0) is 14.5. The summed E-state index contributed by atoms with van der Waals surface area (Å²) in [5.74, 6) is -0.633. The van der Waals surface area contributed by atoms with Crippen LogP contribution in [0.1, 0.15) is 20.7 Å². The van der Waals surface area contributed by atoms with E-state index in [0.29, 0.717) is 21.3 Å². The number of hydrogen-bond acceptors (Lipinski definition) is 5. The van der Waals surface area contributed by atoms with Gasteiger partial charge in [-0.1, -0.05) is 0 Å². The smallest absolute Gasteiger partial charge is 0.345 e. The van der Waals surface area contributed by atoms with E-state index < -0.39 is 11.9 Å². The third kappa shape index (κ3) is 3.42. The van der Waals surface area contributed by atoms with Crippen molar-refractivity contribution < 1.29 is 19.1 Å². The van der Waals surface area contributed by atoms with E-state index in [1.165, 1.54) is 37.6 Å². The second-order valence-electron chi connectivity index (χ2n) is 3.80. The molecule has 0 amide bonds. The quantitative estimate of drug-likeness (QED) is 0.637. The molecule has 1 heterocycles. The van der Waals surface area contributed by atoms with Crippen LogP contribution >= 0.6 is 15.9 Å². The highest BCUT2D eigenvalue weighted by Gasteiger charge is 2.10. The van der Waals surface area contributed by atoms with Gasteiger partial charge >= 0.3 is 11.9 Å². The summed E-state index contributed by atoms with van der Waals surface area (Å²) < 4.78 is 10.4. The van der Waals surface area contributed by atoms with Crippen molar-refractivity contribution in [2.45, 2.75) is 0 Å². The molecule has 2 rings (SSSR count). The van der Waals surface area contributed by atoms with Crippen molar-refractivity contribution in [1.82, 2.24) is 4.98 Å². The molecule has 20 heavy (non-hydrogen) atoms. The predicted molar refractivity (Wildman–Crippen MR) is 74.7 cm³/mol. The average Bonchev–Trinajstić information content (AvgIpc) is 2.47. The second kappa shape index (κ2) is 6.29. The summed E-state index contributed by atoms with van der Waals surface area (Å²) in [7, 11) is 1.30. The van der Waals surface area contributed by atoms with Crippen LogP contribution in [0.5, 0.6) is 5.75 Å². The Bertz CT molecular complexity index is 640. The first-order valence-electron chi connectivity index (χ1n) is 5.61. The van der Waals surface area contributed by atoms with Crippen molar-refractivity contribution in [1.29, 1.82) is 0 Å². The Labute approximate surface area is 123 Å². The van der Waals surface area contributed by atoms with Crippen LogP contribution in [0.25, 0.3) is 0 Å². The summed E-state index contributed by atoms with van der Waals surface area (Å²) in [5, 5.41) is 0. The number of carbonyl (C=O) groups is 2. The van der Waals surface area contributed by atoms with Gasteiger partial charge in [0.2, 0.25) is 0 Å². The Morgan fingerprint density at radius 2 is 1.75 bits per heavy atom. The molecule has 6 heteroatoms. The zero-order valence-electron chi connectivity index (χ0n) is 10.5. The van der Waals surface area contributed by atoms with Crippen LogP contribution in [0, 0.1) is 0 Å². The number of aromatic nitrogens is 1. The summed E-state index contributed by atoms with van der Waals surface area (Å²) in [6.07, 6.45) is 2.98. The van der Waals surface area contributed by atoms with E-state index in [1.54, 1.807) is 12.3 Å². The molecule has 0 aliphatic carbocycles. The molecule has 0 spiro atoms. The van der Waals surface area contributed by atoms with Gasteiger partial charge in [-0.3, -0.25) is 4.98 Å². The van der Waals surface area contributed by atoms with Crippen LogP contribution in [0.3, 0.4) is 0 Å². The van der Waals surface area contributed by atoms with E-state index in [9.17, 15) is 9.59 Å². The Balaban J connectivity index is 2.10. The lowest BCUT2D eigenvalue weighted by Gasteiger charge is -2.05. The zero-order valence-corrected chi connectivity index (χ0v) is 12.1. The molecule has 5 nitrogen and oxygen atoms in total. The first-order valence-corrected chi connectivity index (χ1v) is 6.40. The van der Waals surface area contributed by atoms with E-state index in [1.807, 2.05) is 0 Å². The monoisotopic (exact) mass is 335 g/mol. The molecule has 0 N–H and O–H groups in total. The summed E-state index contributed by atoms with van der Waals surface area (Å²) >= 11 is 3.23. The predicted octanol–water partition coefficient (Wildman–Crippen LogP) is 2.85. The number of pyridine rings is 1. The third-order valence-corrected chi connectivity index (χ3v) is 2.86. The molecular weight excluding hydrogens is 326 g/mol. The van der Waals surface area contributed by atoms with E-state index in [4.69, 9.17) is 4.74 Å². The average molecular weight is 336 g/mol. The maximum absolute atomic E-state index is 11.9. The van der Waals surface area contributed by atoms with Gasteiger partial charge in [0.1, 0.15) is 5.75 Å². The van der Waals surface area contributed by atoms with Gasteiger partial charge in [0.05, 0.1) is 18.2 Å². The van der Waals surface area contributed by atoms with Crippen molar-refractivity contribution in [2.75, 3.05) is 7.11 Å². The minimum absolute atomic E-state index is 0.330. The number of benzene rings is 1. The van der Waals surface area contributed by atoms with Crippen molar-refractivity contribution in [3.63, 3.8) is 0 Å². The lowest BCUT2D eigenvalue weighted by atomic mass is 10.2. The lowest BCUT2D eigenvalue weighted by Crippen LogP contribution is -2.09. The van der Waals surface area contributed by atoms with E-state index in [0.717, 1.165) is 0 Å². The summed E-state index contributed by atoms with van der Waals surface area (Å²) in [4.78, 5) is 27.0. The fraction of sp³-hybridized carbons (Fsp3) is 0.0714. The van der Waals surface area contributed by atoms with Crippen LogP contribution < -0.4 is 4.74 Å². The standard InChI is InChI=1S/C14H10BrNO4/c1-19-13(17)9-2-4-12(5-3-9)20-14(18)10-6-11(15)8-16-7-10/h2-8H,1H3. The molecule has 0 aliphatic heterocycles. The van der Waals surface area contributed by atoms with Gasteiger partial charge in [0, 0.05) is 16.9 Å². The van der Waals surface area contributed by atoms with Crippen molar-refractivity contribution in [3.8, 4) is 5.75 Å². The van der Waals surface area contributed by atoms with Gasteiger partial charge < -0.3 is 9.47 Å². The van der Waals surface area contributed by atoms with Crippen molar-refractivity contribution >= 4 is 27.9 Å². The highest BCUT2D eigenvalue weighted by Crippen LogP contribution is 2.16. The minimum atomic E-state index is -0.524. The van der Waals surface area contributed by atoms with E-state index >= 15 is 0 Å². The Morgan fingerprint density at radius 1 is 1.05 bits per heavy atom. The molecule has 0 aliphatic rings. The van der Waals surface area contributed by atoms with Gasteiger partial charge in [-0.05, 0) is 46.3 Å². The number of halogens is 1. The van der Waals surface area contributed by atoms with Gasteiger partial charge in [-0.25, -0.2) is 9.59 Å². The molecule has 0 radical (unpaired) electrons. The van der Waals surface area contributed by atoms with Crippen LogP contribution in [0.2, 0.25) is 0 Å². The second-order valence-corrected chi connectivity index (χ2v) is 4.71. The number of ether oxygens (including phenoxy) is 2. The van der Waals surface area contributed by atoms with E-state index in [-0.39, 0.29) is 0 Å². The highest BCUT2D eigenvalue weighted by molar-refractivity contribution is 9.10. The molecule has 0 fully saturated rings. The van der Waals surface area contributed by atoms with Gasteiger partial charge in [-0.15, -0.1) is 0 Å². The highest BCUT2D eigenvalue weighted by atomic mass is 79.9. The molecule has 102 valence electrons. The van der Waals surface area contributed by atoms with Gasteiger partial charge in [0.15, 0.2) is 0 Å². The number of esters is 2. The normalized spacial score (nSPS) is 9.90. The summed E-state index contributed by atoms with van der Waals surface area (Å²) in [6.45, 7) is 0. The van der Waals surface area contributed by atoms with Crippen molar-refractivity contribution in [3.05, 3.63) is 58.3 Å². The van der Waals surface area contributed by atoms with Crippen LogP contribution in [-0.2, 0) is 4.74 Å². The largest absolute Gasteiger partial charge is 0.465 e. The number of hydrogen-bond donors (Lipinski definition) is 0. The minimum Gasteiger partial charge on any atom is -0.465 e. The molecule has 0 saturated carbocycles. The van der Waals surface area contributed by atoms with Crippen LogP contribution in [-0.4, -0.2) is 24.0 Å². The summed E-state index contributed by atoms with van der Waals surface area (Å²) in [6, 6.07) is 7.70.